The molecule has 3 heteroatoms. The van der Waals surface area contributed by atoms with E-state index in [2.05, 4.69) is 109 Å². The van der Waals surface area contributed by atoms with E-state index >= 15 is 0 Å². The van der Waals surface area contributed by atoms with Gasteiger partial charge in [-0.1, -0.05) is 102 Å². The molecular formula is C28H38O2Si. The summed E-state index contributed by atoms with van der Waals surface area (Å²) in [6.45, 7) is 15.6. The number of ketones is 1. The summed E-state index contributed by atoms with van der Waals surface area (Å²) in [6.07, 6.45) is 1.89. The third kappa shape index (κ3) is 4.87. The predicted molar refractivity (Wildman–Crippen MR) is 134 cm³/mol. The van der Waals surface area contributed by atoms with Gasteiger partial charge in [-0.3, -0.25) is 4.79 Å². The standard InChI is InChI=1S/C28H38O2Si/c1-21-26(19-23(30-21)18-22(29)20-27(2,3)4)31(28(5,6)7,24-14-10-8-11-15-24)25-16-12-9-13-17-25/h8-17,23H,18-20H2,1-7H3. The van der Waals surface area contributed by atoms with Gasteiger partial charge in [-0.2, -0.15) is 0 Å². The first-order valence-electron chi connectivity index (χ1n) is 11.4. The summed E-state index contributed by atoms with van der Waals surface area (Å²) in [5.74, 6) is 1.33. The SMILES string of the molecule is CC1=C([Si](c2ccccc2)(c2ccccc2)C(C)(C)C)CC(CC(=O)CC(C)(C)C)O1. The normalized spacial score (nSPS) is 17.6. The summed E-state index contributed by atoms with van der Waals surface area (Å²) in [5, 5.41) is 4.30. The molecule has 3 rings (SSSR count). The molecule has 0 fully saturated rings. The minimum Gasteiger partial charge on any atom is -0.495 e. The number of hydrogen-bond acceptors (Lipinski definition) is 2. The van der Waals surface area contributed by atoms with Crippen molar-refractivity contribution >= 4 is 24.2 Å². The molecule has 0 amide bonds. The Morgan fingerprint density at radius 3 is 1.81 bits per heavy atom. The lowest BCUT2D eigenvalue weighted by atomic mass is 9.88. The van der Waals surface area contributed by atoms with E-state index in [-0.39, 0.29) is 16.6 Å². The smallest absolute Gasteiger partial charge is 0.153 e. The van der Waals surface area contributed by atoms with E-state index in [1.807, 2.05) is 0 Å². The highest BCUT2D eigenvalue weighted by atomic mass is 28.3. The van der Waals surface area contributed by atoms with Gasteiger partial charge in [0, 0.05) is 19.3 Å². The fourth-order valence-corrected chi connectivity index (χ4v) is 11.6. The fraction of sp³-hybridized carbons (Fsp3) is 0.464. The molecule has 1 atom stereocenters. The van der Waals surface area contributed by atoms with Crippen molar-refractivity contribution < 1.29 is 9.53 Å². The van der Waals surface area contributed by atoms with Crippen molar-refractivity contribution in [3.8, 4) is 0 Å². The lowest BCUT2D eigenvalue weighted by Gasteiger charge is -2.45. The van der Waals surface area contributed by atoms with E-state index in [9.17, 15) is 4.79 Å². The second-order valence-corrected chi connectivity index (χ2v) is 15.9. The molecule has 1 aliphatic rings. The molecule has 0 N–H and O–H groups in total. The molecule has 1 aliphatic heterocycles. The summed E-state index contributed by atoms with van der Waals surface area (Å²) in [6, 6.07) is 22.0. The molecule has 31 heavy (non-hydrogen) atoms. The molecule has 1 heterocycles. The molecule has 1 unspecified atom stereocenters. The third-order valence-corrected chi connectivity index (χ3v) is 12.5. The Morgan fingerprint density at radius 1 is 0.903 bits per heavy atom. The lowest BCUT2D eigenvalue weighted by Crippen LogP contribution is -2.66. The molecule has 0 aromatic heterocycles. The van der Waals surface area contributed by atoms with Crippen molar-refractivity contribution in [3.63, 3.8) is 0 Å². The van der Waals surface area contributed by atoms with Crippen LogP contribution in [0.1, 0.15) is 67.7 Å². The second kappa shape index (κ2) is 8.78. The van der Waals surface area contributed by atoms with E-state index in [1.165, 1.54) is 15.6 Å². The van der Waals surface area contributed by atoms with Crippen molar-refractivity contribution in [2.75, 3.05) is 0 Å². The summed E-state index contributed by atoms with van der Waals surface area (Å²) in [5.41, 5.74) is 0.0129. The van der Waals surface area contributed by atoms with Gasteiger partial charge in [-0.05, 0) is 32.9 Å². The molecule has 2 aromatic carbocycles. The zero-order valence-electron chi connectivity index (χ0n) is 20.3. The molecule has 0 bridgehead atoms. The van der Waals surface area contributed by atoms with E-state index in [4.69, 9.17) is 4.74 Å². The van der Waals surface area contributed by atoms with Crippen molar-refractivity contribution in [3.05, 3.63) is 71.6 Å². The lowest BCUT2D eigenvalue weighted by molar-refractivity contribution is -0.122. The highest BCUT2D eigenvalue weighted by molar-refractivity contribution is 7.09. The maximum Gasteiger partial charge on any atom is 0.153 e. The van der Waals surface area contributed by atoms with Gasteiger partial charge in [0.1, 0.15) is 11.9 Å². The number of allylic oxidation sites excluding steroid dienone is 1. The van der Waals surface area contributed by atoms with Crippen molar-refractivity contribution in [1.29, 1.82) is 0 Å². The van der Waals surface area contributed by atoms with Gasteiger partial charge in [0.2, 0.25) is 0 Å². The molecule has 2 aromatic rings. The second-order valence-electron chi connectivity index (χ2n) is 11.2. The number of carbonyl (C=O) groups excluding carboxylic acids is 1. The van der Waals surface area contributed by atoms with Gasteiger partial charge in [0.25, 0.3) is 0 Å². The van der Waals surface area contributed by atoms with Gasteiger partial charge in [0.05, 0.1) is 5.76 Å². The maximum absolute atomic E-state index is 12.7. The average molecular weight is 435 g/mol. The van der Waals surface area contributed by atoms with Crippen LogP contribution in [0.2, 0.25) is 5.04 Å². The number of ether oxygens (including phenoxy) is 1. The Bertz CT molecular complexity index is 891. The quantitative estimate of drug-likeness (QED) is 0.518. The van der Waals surface area contributed by atoms with Gasteiger partial charge < -0.3 is 4.74 Å². The van der Waals surface area contributed by atoms with Crippen LogP contribution in [-0.2, 0) is 9.53 Å². The molecule has 0 radical (unpaired) electrons. The number of hydrogen-bond donors (Lipinski definition) is 0. The minimum atomic E-state index is -2.38. The van der Waals surface area contributed by atoms with Crippen LogP contribution in [0.5, 0.6) is 0 Å². The van der Waals surface area contributed by atoms with Gasteiger partial charge >= 0.3 is 0 Å². The minimum absolute atomic E-state index is 0.0129. The zero-order valence-corrected chi connectivity index (χ0v) is 21.3. The number of benzene rings is 2. The van der Waals surface area contributed by atoms with Gasteiger partial charge in [0.15, 0.2) is 8.07 Å². The Morgan fingerprint density at radius 2 is 1.39 bits per heavy atom. The number of rotatable bonds is 6. The highest BCUT2D eigenvalue weighted by Crippen LogP contribution is 2.46. The summed E-state index contributed by atoms with van der Waals surface area (Å²) >= 11 is 0. The first-order valence-corrected chi connectivity index (χ1v) is 13.4. The monoisotopic (exact) mass is 434 g/mol. The molecule has 0 spiro atoms. The first-order chi connectivity index (χ1) is 14.4. The van der Waals surface area contributed by atoms with Crippen LogP contribution in [0.15, 0.2) is 71.6 Å². The Labute approximate surface area is 189 Å². The number of carbonyl (C=O) groups is 1. The van der Waals surface area contributed by atoms with Crippen LogP contribution in [0.3, 0.4) is 0 Å². The maximum atomic E-state index is 12.7. The van der Waals surface area contributed by atoms with E-state index in [0.29, 0.717) is 18.6 Å². The Balaban J connectivity index is 2.07. The van der Waals surface area contributed by atoms with Crippen molar-refractivity contribution in [1.82, 2.24) is 0 Å². The van der Waals surface area contributed by atoms with Gasteiger partial charge in [-0.25, -0.2) is 0 Å². The summed E-state index contributed by atoms with van der Waals surface area (Å²) in [4.78, 5) is 12.7. The summed E-state index contributed by atoms with van der Waals surface area (Å²) < 4.78 is 6.40. The topological polar surface area (TPSA) is 26.3 Å². The molecular weight excluding hydrogens is 396 g/mol. The Kier molecular flexibility index (Phi) is 6.66. The highest BCUT2D eigenvalue weighted by Gasteiger charge is 2.53. The first kappa shape index (κ1) is 23.5. The van der Waals surface area contributed by atoms with Crippen molar-refractivity contribution in [2.45, 2.75) is 78.9 Å². The van der Waals surface area contributed by atoms with Gasteiger partial charge in [-0.15, -0.1) is 0 Å². The van der Waals surface area contributed by atoms with Crippen molar-refractivity contribution in [2.24, 2.45) is 5.41 Å². The fourth-order valence-electron chi connectivity index (χ4n) is 5.39. The Hall–Kier alpha value is -2.13. The zero-order chi connectivity index (χ0) is 22.9. The van der Waals surface area contributed by atoms with E-state index < -0.39 is 8.07 Å². The molecule has 0 saturated heterocycles. The van der Waals surface area contributed by atoms with Crippen LogP contribution >= 0.6 is 0 Å². The molecule has 0 saturated carbocycles. The van der Waals surface area contributed by atoms with Crippen LogP contribution in [-0.4, -0.2) is 20.0 Å². The largest absolute Gasteiger partial charge is 0.495 e. The van der Waals surface area contributed by atoms with Crippen LogP contribution in [0, 0.1) is 5.41 Å². The van der Waals surface area contributed by atoms with Crippen LogP contribution in [0.4, 0.5) is 0 Å². The van der Waals surface area contributed by atoms with Crippen LogP contribution < -0.4 is 10.4 Å². The predicted octanol–water partition coefficient (Wildman–Crippen LogP) is 6.05. The van der Waals surface area contributed by atoms with Crippen LogP contribution in [0.25, 0.3) is 0 Å². The molecule has 0 aliphatic carbocycles. The number of Topliss-reactive ketones (excluding diaryl/α,β-unsaturated/α-hetero) is 1. The third-order valence-electron chi connectivity index (χ3n) is 6.37. The molecule has 166 valence electrons. The molecule has 2 nitrogen and oxygen atoms in total. The van der Waals surface area contributed by atoms with E-state index in [1.54, 1.807) is 0 Å². The van der Waals surface area contributed by atoms with E-state index in [0.717, 1.165) is 12.2 Å². The summed E-state index contributed by atoms with van der Waals surface area (Å²) in [7, 11) is -2.38. The average Bonchev–Trinajstić information content (AvgIpc) is 3.01.